The lowest BCUT2D eigenvalue weighted by molar-refractivity contribution is 0.00303. The number of nitrogens with zero attached hydrogens (tertiary/aromatic N) is 3. The van der Waals surface area contributed by atoms with Crippen LogP contribution < -0.4 is 5.73 Å². The molecule has 0 bridgehead atoms. The molecule has 1 aromatic heterocycles. The smallest absolute Gasteiger partial charge is 0.154 e. The predicted molar refractivity (Wildman–Crippen MR) is 92.1 cm³/mol. The third kappa shape index (κ3) is 2.57. The van der Waals surface area contributed by atoms with Crippen LogP contribution in [0.4, 0.5) is 4.39 Å². The second-order valence-electron chi connectivity index (χ2n) is 6.05. The van der Waals surface area contributed by atoms with Gasteiger partial charge in [0.05, 0.1) is 6.61 Å². The Bertz CT molecular complexity index is 785. The quantitative estimate of drug-likeness (QED) is 0.906. The molecule has 2 aromatic rings. The van der Waals surface area contributed by atoms with E-state index >= 15 is 0 Å². The van der Waals surface area contributed by atoms with Gasteiger partial charge in [0.15, 0.2) is 5.17 Å². The van der Waals surface area contributed by atoms with Crippen molar-refractivity contribution in [1.82, 2.24) is 9.97 Å². The van der Waals surface area contributed by atoms with Crippen LogP contribution in [0, 0.1) is 11.7 Å². The standard InChI is InChI=1S/C17H17FN4OS/c18-15-2-1-11(12-6-20-10-21-7-12)5-14(15)17-9-23-4-3-13(17)8-24-16(19)22-17/h1-2,5-7,10,13H,3-4,8-9H2,(H2,19,22). The highest BCUT2D eigenvalue weighted by molar-refractivity contribution is 8.13. The van der Waals surface area contributed by atoms with E-state index in [1.807, 2.05) is 6.07 Å². The van der Waals surface area contributed by atoms with E-state index in [0.29, 0.717) is 23.9 Å². The van der Waals surface area contributed by atoms with Gasteiger partial charge >= 0.3 is 0 Å². The second kappa shape index (κ2) is 6.14. The van der Waals surface area contributed by atoms with E-state index in [-0.39, 0.29) is 11.7 Å². The maximum atomic E-state index is 14.8. The number of hydrogen-bond donors (Lipinski definition) is 1. The van der Waals surface area contributed by atoms with Crippen LogP contribution in [0.1, 0.15) is 12.0 Å². The van der Waals surface area contributed by atoms with Gasteiger partial charge in [-0.05, 0) is 24.1 Å². The second-order valence-corrected chi connectivity index (χ2v) is 7.09. The minimum atomic E-state index is -0.747. The fourth-order valence-electron chi connectivity index (χ4n) is 3.41. The number of aromatic nitrogens is 2. The number of thioether (sulfide) groups is 1. The molecule has 5 nitrogen and oxygen atoms in total. The highest BCUT2D eigenvalue weighted by Gasteiger charge is 2.47. The first-order valence-corrected chi connectivity index (χ1v) is 8.79. The highest BCUT2D eigenvalue weighted by Crippen LogP contribution is 2.45. The van der Waals surface area contributed by atoms with E-state index in [1.165, 1.54) is 24.2 Å². The van der Waals surface area contributed by atoms with Crippen LogP contribution in [0.5, 0.6) is 0 Å². The number of amidine groups is 1. The summed E-state index contributed by atoms with van der Waals surface area (Å²) in [5.74, 6) is 0.756. The monoisotopic (exact) mass is 344 g/mol. The van der Waals surface area contributed by atoms with Crippen LogP contribution in [0.2, 0.25) is 0 Å². The minimum Gasteiger partial charge on any atom is -0.379 e. The van der Waals surface area contributed by atoms with E-state index in [9.17, 15) is 4.39 Å². The summed E-state index contributed by atoms with van der Waals surface area (Å²) in [5.41, 5.74) is 7.47. The lowest BCUT2D eigenvalue weighted by Gasteiger charge is -2.43. The van der Waals surface area contributed by atoms with Gasteiger partial charge in [-0.1, -0.05) is 17.8 Å². The fourth-order valence-corrected chi connectivity index (χ4v) is 4.45. The summed E-state index contributed by atoms with van der Waals surface area (Å²) in [6.45, 7) is 1.03. The molecule has 124 valence electrons. The Morgan fingerprint density at radius 1 is 1.25 bits per heavy atom. The Kier molecular flexibility index (Phi) is 3.97. The maximum Gasteiger partial charge on any atom is 0.154 e. The number of hydrogen-bond acceptors (Lipinski definition) is 6. The molecule has 0 amide bonds. The summed E-state index contributed by atoms with van der Waals surface area (Å²) in [6.07, 6.45) is 5.75. The summed E-state index contributed by atoms with van der Waals surface area (Å²) < 4.78 is 20.4. The molecule has 7 heteroatoms. The average Bonchev–Trinajstić information content (AvgIpc) is 2.62. The third-order valence-corrected chi connectivity index (χ3v) is 5.63. The van der Waals surface area contributed by atoms with Crippen molar-refractivity contribution in [3.05, 3.63) is 48.3 Å². The minimum absolute atomic E-state index is 0.209. The lowest BCUT2D eigenvalue weighted by atomic mass is 9.76. The number of benzene rings is 1. The molecule has 2 N–H and O–H groups in total. The number of rotatable bonds is 2. The van der Waals surface area contributed by atoms with Crippen molar-refractivity contribution in [2.24, 2.45) is 16.6 Å². The SMILES string of the molecule is NC1=NC2(c3cc(-c4cncnc4)ccc3F)COCCC2CS1. The van der Waals surface area contributed by atoms with Crippen molar-refractivity contribution >= 4 is 16.9 Å². The molecule has 2 aliphatic rings. The van der Waals surface area contributed by atoms with Crippen molar-refractivity contribution in [2.75, 3.05) is 19.0 Å². The van der Waals surface area contributed by atoms with Crippen LogP contribution in [0.15, 0.2) is 41.9 Å². The summed E-state index contributed by atoms with van der Waals surface area (Å²) in [6, 6.07) is 5.05. The van der Waals surface area contributed by atoms with E-state index in [1.54, 1.807) is 18.5 Å². The zero-order chi connectivity index (χ0) is 16.6. The number of fused-ring (bicyclic) bond motifs is 1. The van der Waals surface area contributed by atoms with Gasteiger partial charge in [-0.25, -0.2) is 19.4 Å². The molecular formula is C17H17FN4OS. The summed E-state index contributed by atoms with van der Waals surface area (Å²) in [5, 5.41) is 0.490. The number of aliphatic imine (C=N–C) groups is 1. The van der Waals surface area contributed by atoms with Crippen molar-refractivity contribution < 1.29 is 9.13 Å². The molecule has 0 saturated carbocycles. The molecular weight excluding hydrogens is 327 g/mol. The zero-order valence-electron chi connectivity index (χ0n) is 13.0. The number of ether oxygens (including phenoxy) is 1. The van der Waals surface area contributed by atoms with Crippen molar-refractivity contribution in [1.29, 1.82) is 0 Å². The molecule has 0 radical (unpaired) electrons. The van der Waals surface area contributed by atoms with Gasteiger partial charge < -0.3 is 10.5 Å². The van der Waals surface area contributed by atoms with Gasteiger partial charge in [-0.3, -0.25) is 0 Å². The van der Waals surface area contributed by atoms with Gasteiger partial charge in [-0.2, -0.15) is 0 Å². The Morgan fingerprint density at radius 3 is 2.92 bits per heavy atom. The topological polar surface area (TPSA) is 73.4 Å². The Labute approximate surface area is 143 Å². The molecule has 0 spiro atoms. The average molecular weight is 344 g/mol. The molecule has 2 aliphatic heterocycles. The third-order valence-electron chi connectivity index (χ3n) is 4.68. The predicted octanol–water partition coefficient (Wildman–Crippen LogP) is 2.58. The fraction of sp³-hybridized carbons (Fsp3) is 0.353. The number of halogens is 1. The van der Waals surface area contributed by atoms with Gasteiger partial charge in [0, 0.05) is 41.8 Å². The van der Waals surface area contributed by atoms with E-state index in [0.717, 1.165) is 23.3 Å². The van der Waals surface area contributed by atoms with E-state index < -0.39 is 5.54 Å². The lowest BCUT2D eigenvalue weighted by Crippen LogP contribution is -2.48. The summed E-state index contributed by atoms with van der Waals surface area (Å²) in [7, 11) is 0. The Balaban J connectivity index is 1.86. The molecule has 2 atom stereocenters. The molecule has 1 aromatic carbocycles. The van der Waals surface area contributed by atoms with Crippen LogP contribution in [0.25, 0.3) is 11.1 Å². The Morgan fingerprint density at radius 2 is 2.08 bits per heavy atom. The van der Waals surface area contributed by atoms with Gasteiger partial charge in [0.25, 0.3) is 0 Å². The first-order valence-electron chi connectivity index (χ1n) is 7.80. The summed E-state index contributed by atoms with van der Waals surface area (Å²) >= 11 is 1.53. The summed E-state index contributed by atoms with van der Waals surface area (Å²) in [4.78, 5) is 12.7. The largest absolute Gasteiger partial charge is 0.379 e. The zero-order valence-corrected chi connectivity index (χ0v) is 13.8. The molecule has 4 rings (SSSR count). The van der Waals surface area contributed by atoms with Gasteiger partial charge in [0.1, 0.15) is 17.7 Å². The van der Waals surface area contributed by atoms with Crippen LogP contribution in [-0.4, -0.2) is 34.1 Å². The normalized spacial score (nSPS) is 26.5. The van der Waals surface area contributed by atoms with E-state index in [4.69, 9.17) is 10.5 Å². The molecule has 24 heavy (non-hydrogen) atoms. The van der Waals surface area contributed by atoms with Crippen molar-refractivity contribution in [2.45, 2.75) is 12.0 Å². The highest BCUT2D eigenvalue weighted by atomic mass is 32.2. The van der Waals surface area contributed by atoms with Crippen LogP contribution in [-0.2, 0) is 10.3 Å². The molecule has 0 aliphatic carbocycles. The number of nitrogens with two attached hydrogens (primary N) is 1. The van der Waals surface area contributed by atoms with Crippen LogP contribution in [0.3, 0.4) is 0 Å². The maximum absolute atomic E-state index is 14.8. The first kappa shape index (κ1) is 15.5. The Hall–Kier alpha value is -1.99. The molecule has 1 fully saturated rings. The molecule has 2 unspecified atom stereocenters. The molecule has 1 saturated heterocycles. The van der Waals surface area contributed by atoms with Crippen molar-refractivity contribution in [3.63, 3.8) is 0 Å². The van der Waals surface area contributed by atoms with Gasteiger partial charge in [-0.15, -0.1) is 0 Å². The van der Waals surface area contributed by atoms with E-state index in [2.05, 4.69) is 15.0 Å². The van der Waals surface area contributed by atoms with Crippen molar-refractivity contribution in [3.8, 4) is 11.1 Å². The van der Waals surface area contributed by atoms with Gasteiger partial charge in [0.2, 0.25) is 0 Å². The molecule has 3 heterocycles. The van der Waals surface area contributed by atoms with Crippen LogP contribution >= 0.6 is 11.8 Å². The first-order chi connectivity index (χ1) is 11.7.